The minimum atomic E-state index is 0.851. The first-order valence-electron chi connectivity index (χ1n) is 5.49. The van der Waals surface area contributed by atoms with Gasteiger partial charge in [0.05, 0.1) is 0 Å². The molecule has 0 radical (unpaired) electrons. The number of hydrogen-bond donors (Lipinski definition) is 0. The number of rotatable bonds is 0. The maximum Gasteiger partial charge on any atom is 0.00948 e. The lowest BCUT2D eigenvalue weighted by molar-refractivity contribution is 0.0509. The summed E-state index contributed by atoms with van der Waals surface area (Å²) in [5.41, 5.74) is 0. The fourth-order valence-electron chi connectivity index (χ4n) is 3.13. The molecule has 0 N–H and O–H groups in total. The van der Waals surface area contributed by atoms with E-state index in [-0.39, 0.29) is 0 Å². The second kappa shape index (κ2) is 3.37. The molecule has 0 aromatic rings. The maximum absolute atomic E-state index is 2.55. The van der Waals surface area contributed by atoms with Gasteiger partial charge in [0.2, 0.25) is 0 Å². The molecule has 0 amide bonds. The van der Waals surface area contributed by atoms with Crippen molar-refractivity contribution in [1.29, 1.82) is 0 Å². The third-order valence-electron chi connectivity index (χ3n) is 4.14. The van der Waals surface area contributed by atoms with Crippen molar-refractivity contribution < 1.29 is 0 Å². The van der Waals surface area contributed by atoms with Gasteiger partial charge in [-0.05, 0) is 45.2 Å². The van der Waals surface area contributed by atoms with E-state index < -0.39 is 0 Å². The summed E-state index contributed by atoms with van der Waals surface area (Å²) >= 11 is 0. The molecule has 0 aromatic heterocycles. The average molecular weight is 167 g/mol. The normalized spacial score (nSPS) is 44.0. The third kappa shape index (κ3) is 1.39. The molecular weight excluding hydrogens is 146 g/mol. The van der Waals surface area contributed by atoms with Crippen molar-refractivity contribution in [2.45, 2.75) is 45.1 Å². The SMILES string of the molecule is C[C@@H]1[C@@H]2CCCC[C@@H]2CCN1C. The Kier molecular flexibility index (Phi) is 2.40. The molecule has 1 aliphatic heterocycles. The average Bonchev–Trinajstić information content (AvgIpc) is 2.12. The molecule has 2 aliphatic rings. The van der Waals surface area contributed by atoms with E-state index in [0.717, 1.165) is 17.9 Å². The Morgan fingerprint density at radius 2 is 1.83 bits per heavy atom. The Bertz CT molecular complexity index is 153. The molecule has 0 bridgehead atoms. The lowest BCUT2D eigenvalue weighted by atomic mass is 9.71. The number of fused-ring (bicyclic) bond motifs is 1. The molecule has 1 heterocycles. The molecule has 3 atom stereocenters. The van der Waals surface area contributed by atoms with Gasteiger partial charge >= 0.3 is 0 Å². The van der Waals surface area contributed by atoms with Crippen molar-refractivity contribution in [3.05, 3.63) is 0 Å². The van der Waals surface area contributed by atoms with E-state index in [0.29, 0.717) is 0 Å². The lowest BCUT2D eigenvalue weighted by Crippen LogP contribution is -2.46. The number of piperidine rings is 1. The van der Waals surface area contributed by atoms with E-state index >= 15 is 0 Å². The summed E-state index contributed by atoms with van der Waals surface area (Å²) in [5, 5.41) is 0. The molecule has 1 heteroatoms. The fraction of sp³-hybridized carbons (Fsp3) is 1.00. The highest BCUT2D eigenvalue weighted by Gasteiger charge is 2.34. The van der Waals surface area contributed by atoms with Gasteiger partial charge in [-0.2, -0.15) is 0 Å². The summed E-state index contributed by atoms with van der Waals surface area (Å²) in [7, 11) is 2.29. The largest absolute Gasteiger partial charge is 0.303 e. The van der Waals surface area contributed by atoms with Crippen LogP contribution < -0.4 is 0 Å². The first-order chi connectivity index (χ1) is 5.79. The van der Waals surface area contributed by atoms with Crippen molar-refractivity contribution in [2.75, 3.05) is 13.6 Å². The van der Waals surface area contributed by atoms with Crippen LogP contribution in [0.4, 0.5) is 0 Å². The topological polar surface area (TPSA) is 3.24 Å². The summed E-state index contributed by atoms with van der Waals surface area (Å²) in [6.07, 6.45) is 7.46. The Morgan fingerprint density at radius 3 is 2.67 bits per heavy atom. The first-order valence-corrected chi connectivity index (χ1v) is 5.49. The summed E-state index contributed by atoms with van der Waals surface area (Å²) in [5.74, 6) is 2.10. The highest BCUT2D eigenvalue weighted by Crippen LogP contribution is 2.38. The van der Waals surface area contributed by atoms with Crippen LogP contribution in [0.25, 0.3) is 0 Å². The summed E-state index contributed by atoms with van der Waals surface area (Å²) < 4.78 is 0. The van der Waals surface area contributed by atoms with E-state index in [1.807, 2.05) is 0 Å². The van der Waals surface area contributed by atoms with E-state index in [4.69, 9.17) is 0 Å². The van der Waals surface area contributed by atoms with E-state index in [9.17, 15) is 0 Å². The smallest absolute Gasteiger partial charge is 0.00948 e. The predicted molar refractivity (Wildman–Crippen MR) is 52.2 cm³/mol. The van der Waals surface area contributed by atoms with Crippen LogP contribution >= 0.6 is 0 Å². The third-order valence-corrected chi connectivity index (χ3v) is 4.14. The number of likely N-dealkylation sites (tertiary alicyclic amines) is 1. The molecule has 2 rings (SSSR count). The molecule has 1 saturated heterocycles. The second-order valence-electron chi connectivity index (χ2n) is 4.72. The zero-order chi connectivity index (χ0) is 8.55. The molecule has 1 aliphatic carbocycles. The van der Waals surface area contributed by atoms with Crippen LogP contribution in [-0.4, -0.2) is 24.5 Å². The van der Waals surface area contributed by atoms with Gasteiger partial charge in [-0.15, -0.1) is 0 Å². The van der Waals surface area contributed by atoms with Gasteiger partial charge in [-0.3, -0.25) is 0 Å². The summed E-state index contributed by atoms with van der Waals surface area (Å²) in [4.78, 5) is 2.55. The molecule has 0 spiro atoms. The van der Waals surface area contributed by atoms with Gasteiger partial charge in [0.15, 0.2) is 0 Å². The molecule has 0 unspecified atom stereocenters. The minimum Gasteiger partial charge on any atom is -0.303 e. The van der Waals surface area contributed by atoms with Gasteiger partial charge in [0, 0.05) is 6.04 Å². The lowest BCUT2D eigenvalue weighted by Gasteiger charge is -2.45. The van der Waals surface area contributed by atoms with Crippen molar-refractivity contribution >= 4 is 0 Å². The Labute approximate surface area is 76.1 Å². The van der Waals surface area contributed by atoms with Crippen molar-refractivity contribution in [1.82, 2.24) is 4.90 Å². The number of nitrogens with zero attached hydrogens (tertiary/aromatic N) is 1. The van der Waals surface area contributed by atoms with Crippen LogP contribution in [0.3, 0.4) is 0 Å². The van der Waals surface area contributed by atoms with Gasteiger partial charge in [0.1, 0.15) is 0 Å². The van der Waals surface area contributed by atoms with E-state index in [1.54, 1.807) is 0 Å². The zero-order valence-corrected chi connectivity index (χ0v) is 8.42. The van der Waals surface area contributed by atoms with Gasteiger partial charge in [-0.25, -0.2) is 0 Å². The van der Waals surface area contributed by atoms with Crippen LogP contribution in [0.15, 0.2) is 0 Å². The molecule has 1 nitrogen and oxygen atoms in total. The Hall–Kier alpha value is -0.0400. The zero-order valence-electron chi connectivity index (χ0n) is 8.42. The van der Waals surface area contributed by atoms with Gasteiger partial charge in [0.25, 0.3) is 0 Å². The number of hydrogen-bond acceptors (Lipinski definition) is 1. The Balaban J connectivity index is 2.03. The van der Waals surface area contributed by atoms with Crippen LogP contribution in [0.5, 0.6) is 0 Å². The molecule has 1 saturated carbocycles. The monoisotopic (exact) mass is 167 g/mol. The first kappa shape index (κ1) is 8.55. The molecule has 2 fully saturated rings. The van der Waals surface area contributed by atoms with Crippen LogP contribution in [0, 0.1) is 11.8 Å². The molecule has 0 aromatic carbocycles. The molecular formula is C11H21N. The highest BCUT2D eigenvalue weighted by molar-refractivity contribution is 4.87. The standard InChI is InChI=1S/C11H21N/c1-9-11-6-4-3-5-10(11)7-8-12(9)2/h9-11H,3-8H2,1-2H3/t9-,10-,11+/m1/s1. The molecule has 70 valence electrons. The fourth-order valence-corrected chi connectivity index (χ4v) is 3.13. The summed E-state index contributed by atoms with van der Waals surface area (Å²) in [6, 6.07) is 0.851. The Morgan fingerprint density at radius 1 is 1.08 bits per heavy atom. The van der Waals surface area contributed by atoms with Crippen molar-refractivity contribution in [3.63, 3.8) is 0 Å². The quantitative estimate of drug-likeness (QED) is 0.536. The maximum atomic E-state index is 2.55. The highest BCUT2D eigenvalue weighted by atomic mass is 15.1. The van der Waals surface area contributed by atoms with Crippen LogP contribution in [-0.2, 0) is 0 Å². The predicted octanol–water partition coefficient (Wildman–Crippen LogP) is 2.52. The van der Waals surface area contributed by atoms with Crippen LogP contribution in [0.1, 0.15) is 39.0 Å². The second-order valence-corrected chi connectivity index (χ2v) is 4.72. The van der Waals surface area contributed by atoms with E-state index in [1.165, 1.54) is 38.6 Å². The summed E-state index contributed by atoms with van der Waals surface area (Å²) in [6.45, 7) is 3.75. The van der Waals surface area contributed by atoms with Crippen molar-refractivity contribution in [2.24, 2.45) is 11.8 Å². The van der Waals surface area contributed by atoms with E-state index in [2.05, 4.69) is 18.9 Å². The van der Waals surface area contributed by atoms with Crippen LogP contribution in [0.2, 0.25) is 0 Å². The minimum absolute atomic E-state index is 0.851. The van der Waals surface area contributed by atoms with Gasteiger partial charge in [-0.1, -0.05) is 19.3 Å². The molecule has 12 heavy (non-hydrogen) atoms. The van der Waals surface area contributed by atoms with Crippen molar-refractivity contribution in [3.8, 4) is 0 Å². The van der Waals surface area contributed by atoms with Gasteiger partial charge < -0.3 is 4.90 Å².